The molecule has 12 heavy (non-hydrogen) atoms. The van der Waals surface area contributed by atoms with Crippen molar-refractivity contribution >= 4 is 10.0 Å². The van der Waals surface area contributed by atoms with Gasteiger partial charge in [-0.05, 0) is 0 Å². The van der Waals surface area contributed by atoms with Gasteiger partial charge in [-0.2, -0.15) is 13.2 Å². The largest absolute Gasteiger partial charge is 1.00 e. The van der Waals surface area contributed by atoms with Gasteiger partial charge in [0.2, 0.25) is 0 Å². The second-order valence-corrected chi connectivity index (χ2v) is 3.74. The van der Waals surface area contributed by atoms with Crippen molar-refractivity contribution in [3.05, 3.63) is 4.72 Å². The first-order valence-electron chi connectivity index (χ1n) is 2.70. The second kappa shape index (κ2) is 4.51. The molecule has 0 heterocycles. The van der Waals surface area contributed by atoms with Gasteiger partial charge in [0, 0.05) is 0 Å². The standard InChI is InChI=1S/C4H7F3NO2S.Li/c1-3(2)8-11(9,10)4(5,6)7;/h3H,1-2H3;/q-1;+1. The summed E-state index contributed by atoms with van der Waals surface area (Å²) in [6.45, 7) is 2.51. The summed E-state index contributed by atoms with van der Waals surface area (Å²) in [5.41, 5.74) is -5.27. The number of nitrogens with zero attached hydrogens (tertiary/aromatic N) is 1. The first-order valence-corrected chi connectivity index (χ1v) is 4.14. The van der Waals surface area contributed by atoms with E-state index in [-0.39, 0.29) is 18.9 Å². The Balaban J connectivity index is 0. The predicted octanol–water partition coefficient (Wildman–Crippen LogP) is -1.38. The molecule has 0 atom stereocenters. The first kappa shape index (κ1) is 14.8. The summed E-state index contributed by atoms with van der Waals surface area (Å²) in [5.74, 6) is 0. The smallest absolute Gasteiger partial charge is 0.539 e. The van der Waals surface area contributed by atoms with Crippen molar-refractivity contribution in [2.24, 2.45) is 0 Å². The van der Waals surface area contributed by atoms with Gasteiger partial charge in [0.25, 0.3) is 0 Å². The van der Waals surface area contributed by atoms with E-state index in [0.717, 1.165) is 0 Å². The molecule has 0 saturated heterocycles. The van der Waals surface area contributed by atoms with Crippen molar-refractivity contribution in [2.45, 2.75) is 25.4 Å². The molecule has 0 aromatic carbocycles. The van der Waals surface area contributed by atoms with Crippen molar-refractivity contribution in [3.8, 4) is 0 Å². The second-order valence-electron chi connectivity index (χ2n) is 2.12. The number of halogens is 3. The fourth-order valence-electron chi connectivity index (χ4n) is 0.337. The summed E-state index contributed by atoms with van der Waals surface area (Å²) in [5, 5.41) is 0. The van der Waals surface area contributed by atoms with Crippen LogP contribution in [-0.2, 0) is 10.0 Å². The van der Waals surface area contributed by atoms with Crippen LogP contribution in [0.15, 0.2) is 0 Å². The van der Waals surface area contributed by atoms with Gasteiger partial charge >= 0.3 is 24.4 Å². The van der Waals surface area contributed by atoms with Gasteiger partial charge in [-0.25, -0.2) is 8.42 Å². The number of hydrogen-bond donors (Lipinski definition) is 0. The molecule has 3 nitrogen and oxygen atoms in total. The van der Waals surface area contributed by atoms with Crippen molar-refractivity contribution in [1.29, 1.82) is 0 Å². The van der Waals surface area contributed by atoms with Crippen molar-refractivity contribution < 1.29 is 40.4 Å². The Bertz CT molecular complexity index is 223. The van der Waals surface area contributed by atoms with E-state index in [1.807, 2.05) is 0 Å². The Labute approximate surface area is 80.9 Å². The average Bonchev–Trinajstić information content (AvgIpc) is 1.56. The van der Waals surface area contributed by atoms with E-state index in [9.17, 15) is 21.6 Å². The van der Waals surface area contributed by atoms with Gasteiger partial charge in [0.1, 0.15) is 0 Å². The molecule has 0 amide bonds. The monoisotopic (exact) mass is 197 g/mol. The van der Waals surface area contributed by atoms with Crippen LogP contribution in [0.5, 0.6) is 0 Å². The van der Waals surface area contributed by atoms with Crippen molar-refractivity contribution in [2.75, 3.05) is 0 Å². The summed E-state index contributed by atoms with van der Waals surface area (Å²) < 4.78 is 57.4. The molecule has 0 aromatic heterocycles. The summed E-state index contributed by atoms with van der Waals surface area (Å²) >= 11 is 0. The predicted molar refractivity (Wildman–Crippen MR) is 33.5 cm³/mol. The Morgan fingerprint density at radius 1 is 1.25 bits per heavy atom. The molecule has 0 rings (SSSR count). The van der Waals surface area contributed by atoms with Crippen LogP contribution < -0.4 is 18.9 Å². The quantitative estimate of drug-likeness (QED) is 0.512. The average molecular weight is 197 g/mol. The van der Waals surface area contributed by atoms with Crippen LogP contribution in [0, 0.1) is 0 Å². The van der Waals surface area contributed by atoms with Gasteiger partial charge < -0.3 is 4.72 Å². The van der Waals surface area contributed by atoms with E-state index >= 15 is 0 Å². The van der Waals surface area contributed by atoms with Gasteiger partial charge in [0.15, 0.2) is 10.0 Å². The molecule has 0 aliphatic rings. The Kier molecular flexibility index (Phi) is 5.56. The zero-order valence-corrected chi connectivity index (χ0v) is 7.70. The summed E-state index contributed by atoms with van der Waals surface area (Å²) in [6.07, 6.45) is 0. The maximum Gasteiger partial charge on any atom is 1.00 e. The van der Waals surface area contributed by atoms with Gasteiger partial charge in [-0.1, -0.05) is 13.8 Å². The van der Waals surface area contributed by atoms with E-state index in [4.69, 9.17) is 0 Å². The Morgan fingerprint density at radius 3 is 1.67 bits per heavy atom. The van der Waals surface area contributed by atoms with Crippen molar-refractivity contribution in [1.82, 2.24) is 0 Å². The summed E-state index contributed by atoms with van der Waals surface area (Å²) in [6, 6.07) is -0.873. The minimum absolute atomic E-state index is 0. The zero-order chi connectivity index (χ0) is 9.28. The summed E-state index contributed by atoms with van der Waals surface area (Å²) in [4.78, 5) is 0. The molecule has 0 spiro atoms. The SMILES string of the molecule is CC(C)[N-]S(=O)(=O)C(F)(F)F.[Li+]. The zero-order valence-electron chi connectivity index (χ0n) is 6.88. The van der Waals surface area contributed by atoms with E-state index in [0.29, 0.717) is 0 Å². The van der Waals surface area contributed by atoms with Crippen LogP contribution in [0.25, 0.3) is 4.72 Å². The number of hydrogen-bond acceptors (Lipinski definition) is 2. The third-order valence-electron chi connectivity index (χ3n) is 0.642. The van der Waals surface area contributed by atoms with Gasteiger partial charge in [0.05, 0.1) is 0 Å². The fourth-order valence-corrected chi connectivity index (χ4v) is 1.01. The van der Waals surface area contributed by atoms with Crippen LogP contribution in [0.4, 0.5) is 13.2 Å². The van der Waals surface area contributed by atoms with E-state index in [1.165, 1.54) is 13.8 Å². The van der Waals surface area contributed by atoms with E-state index in [1.54, 1.807) is 0 Å². The van der Waals surface area contributed by atoms with E-state index < -0.39 is 21.6 Å². The topological polar surface area (TPSA) is 48.2 Å². The van der Waals surface area contributed by atoms with Crippen LogP contribution in [0.2, 0.25) is 0 Å². The third kappa shape index (κ3) is 4.35. The third-order valence-corrected chi connectivity index (χ3v) is 1.93. The molecule has 0 bridgehead atoms. The van der Waals surface area contributed by atoms with Crippen molar-refractivity contribution in [3.63, 3.8) is 0 Å². The number of alkyl halides is 3. The van der Waals surface area contributed by atoms with Crippen LogP contribution in [0.1, 0.15) is 13.8 Å². The maximum atomic E-state index is 11.5. The minimum Gasteiger partial charge on any atom is -0.539 e. The molecule has 0 N–H and O–H groups in total. The molecule has 0 aromatic rings. The molecule has 0 unspecified atom stereocenters. The molecule has 68 valence electrons. The number of rotatable bonds is 2. The molecule has 0 aliphatic heterocycles. The molecule has 0 aliphatic carbocycles. The first-order chi connectivity index (χ1) is 4.67. The molecule has 0 fully saturated rings. The van der Waals surface area contributed by atoms with Gasteiger partial charge in [-0.3, -0.25) is 0 Å². The molecule has 0 radical (unpaired) electrons. The molecule has 8 heteroatoms. The molecular weight excluding hydrogens is 190 g/mol. The van der Waals surface area contributed by atoms with Crippen LogP contribution in [0.3, 0.4) is 0 Å². The van der Waals surface area contributed by atoms with Gasteiger partial charge in [-0.15, -0.1) is 6.04 Å². The number of sulfonamides is 1. The fraction of sp³-hybridized carbons (Fsp3) is 1.00. The molecule has 0 saturated carbocycles. The Hall–Kier alpha value is 0.297. The maximum absolute atomic E-state index is 11.5. The molecular formula is C4H7F3LiNO2S. The van der Waals surface area contributed by atoms with E-state index in [2.05, 4.69) is 4.72 Å². The normalized spacial score (nSPS) is 12.8. The Morgan fingerprint density at radius 2 is 1.58 bits per heavy atom. The van der Waals surface area contributed by atoms with Crippen LogP contribution in [-0.4, -0.2) is 20.0 Å². The summed E-state index contributed by atoms with van der Waals surface area (Å²) in [7, 11) is -5.27. The minimum atomic E-state index is -5.27. The van der Waals surface area contributed by atoms with Crippen LogP contribution >= 0.6 is 0 Å².